The molecule has 0 atom stereocenters. The third-order valence-electron chi connectivity index (χ3n) is 3.06. The van der Waals surface area contributed by atoms with Gasteiger partial charge in [-0.05, 0) is 35.9 Å². The highest BCUT2D eigenvalue weighted by atomic mass is 35.5. The smallest absolute Gasteiger partial charge is 0.230 e. The lowest BCUT2D eigenvalue weighted by molar-refractivity contribution is -0.118. The zero-order valence-electron chi connectivity index (χ0n) is 11.9. The molecule has 2 aromatic carbocycles. The van der Waals surface area contributed by atoms with E-state index in [1.165, 1.54) is 35.2 Å². The lowest BCUT2D eigenvalue weighted by Crippen LogP contribution is -2.24. The summed E-state index contributed by atoms with van der Waals surface area (Å²) in [6, 6.07) is 11.6. The summed E-state index contributed by atoms with van der Waals surface area (Å²) in [4.78, 5) is 16.3. The average Bonchev–Trinajstić information content (AvgIpc) is 2.94. The second-order valence-corrected chi connectivity index (χ2v) is 7.47. The minimum Gasteiger partial charge on any atom is -0.351 e. The van der Waals surface area contributed by atoms with E-state index in [4.69, 9.17) is 11.6 Å². The number of amides is 1. The van der Waals surface area contributed by atoms with Crippen molar-refractivity contribution in [3.8, 4) is 0 Å². The van der Waals surface area contributed by atoms with Crippen LogP contribution in [0.4, 0.5) is 4.39 Å². The molecule has 0 fully saturated rings. The van der Waals surface area contributed by atoms with E-state index in [-0.39, 0.29) is 17.5 Å². The molecule has 1 amide bonds. The summed E-state index contributed by atoms with van der Waals surface area (Å²) in [6.07, 6.45) is 0. The van der Waals surface area contributed by atoms with Crippen molar-refractivity contribution in [2.24, 2.45) is 0 Å². The van der Waals surface area contributed by atoms with Crippen LogP contribution in [0.1, 0.15) is 5.56 Å². The van der Waals surface area contributed by atoms with Gasteiger partial charge in [-0.3, -0.25) is 4.79 Å². The van der Waals surface area contributed by atoms with Crippen LogP contribution in [0.3, 0.4) is 0 Å². The highest BCUT2D eigenvalue weighted by Crippen LogP contribution is 2.30. The van der Waals surface area contributed by atoms with Crippen LogP contribution >= 0.6 is 34.7 Å². The van der Waals surface area contributed by atoms with E-state index in [1.54, 1.807) is 12.1 Å². The van der Waals surface area contributed by atoms with Gasteiger partial charge in [-0.25, -0.2) is 9.37 Å². The van der Waals surface area contributed by atoms with Crippen molar-refractivity contribution >= 4 is 50.8 Å². The molecule has 0 unspecified atom stereocenters. The molecular formula is C16H12ClFN2OS2. The predicted molar refractivity (Wildman–Crippen MR) is 93.6 cm³/mol. The van der Waals surface area contributed by atoms with E-state index in [1.807, 2.05) is 18.2 Å². The van der Waals surface area contributed by atoms with Crippen molar-refractivity contribution in [2.75, 3.05) is 5.75 Å². The lowest BCUT2D eigenvalue weighted by Gasteiger charge is -2.04. The van der Waals surface area contributed by atoms with Gasteiger partial charge in [0.25, 0.3) is 0 Å². The van der Waals surface area contributed by atoms with Crippen molar-refractivity contribution in [1.29, 1.82) is 0 Å². The summed E-state index contributed by atoms with van der Waals surface area (Å²) in [6.45, 7) is 0.384. The Morgan fingerprint density at radius 3 is 2.83 bits per heavy atom. The minimum absolute atomic E-state index is 0.0865. The number of rotatable bonds is 5. The zero-order chi connectivity index (χ0) is 16.2. The molecular weight excluding hydrogens is 355 g/mol. The molecule has 1 aromatic heterocycles. The van der Waals surface area contributed by atoms with Crippen molar-refractivity contribution < 1.29 is 9.18 Å². The standard InChI is InChI=1S/C16H12ClFN2OS2/c17-11-3-6-14-13(7-11)20-16(23-14)22-9-15(21)19-8-10-1-4-12(18)5-2-10/h1-7H,8-9H2,(H,19,21). The molecule has 1 heterocycles. The van der Waals surface area contributed by atoms with Crippen molar-refractivity contribution in [2.45, 2.75) is 10.9 Å². The Hall–Kier alpha value is -1.63. The fourth-order valence-electron chi connectivity index (χ4n) is 1.92. The first kappa shape index (κ1) is 16.2. The largest absolute Gasteiger partial charge is 0.351 e. The van der Waals surface area contributed by atoms with Crippen LogP contribution in [0.25, 0.3) is 10.2 Å². The summed E-state index contributed by atoms with van der Waals surface area (Å²) in [7, 11) is 0. The maximum absolute atomic E-state index is 12.8. The quantitative estimate of drug-likeness (QED) is 0.676. The van der Waals surface area contributed by atoms with Gasteiger partial charge in [0, 0.05) is 11.6 Å². The number of benzene rings is 2. The Labute approximate surface area is 145 Å². The van der Waals surface area contributed by atoms with Gasteiger partial charge < -0.3 is 5.32 Å². The van der Waals surface area contributed by atoms with E-state index >= 15 is 0 Å². The summed E-state index contributed by atoms with van der Waals surface area (Å²) in [5, 5.41) is 3.45. The third kappa shape index (κ3) is 4.43. The highest BCUT2D eigenvalue weighted by molar-refractivity contribution is 8.01. The van der Waals surface area contributed by atoms with E-state index in [0.717, 1.165) is 20.1 Å². The number of halogens is 2. The number of aromatic nitrogens is 1. The minimum atomic E-state index is -0.286. The molecule has 3 aromatic rings. The highest BCUT2D eigenvalue weighted by Gasteiger charge is 2.08. The normalized spacial score (nSPS) is 10.9. The fraction of sp³-hybridized carbons (Fsp3) is 0.125. The Kier molecular flexibility index (Phi) is 5.15. The van der Waals surface area contributed by atoms with Gasteiger partial charge in [0.1, 0.15) is 5.82 Å². The molecule has 3 nitrogen and oxygen atoms in total. The molecule has 7 heteroatoms. The first-order valence-corrected chi connectivity index (χ1v) is 8.98. The van der Waals surface area contributed by atoms with Gasteiger partial charge in [-0.15, -0.1) is 11.3 Å². The zero-order valence-corrected chi connectivity index (χ0v) is 14.3. The number of carbonyl (C=O) groups is 1. The third-order valence-corrected chi connectivity index (χ3v) is 5.47. The van der Waals surface area contributed by atoms with Gasteiger partial charge in [-0.2, -0.15) is 0 Å². The number of thiazole rings is 1. The molecule has 0 radical (unpaired) electrons. The van der Waals surface area contributed by atoms with Gasteiger partial charge >= 0.3 is 0 Å². The molecule has 0 bridgehead atoms. The van der Waals surface area contributed by atoms with Gasteiger partial charge in [0.2, 0.25) is 5.91 Å². The molecule has 118 valence electrons. The molecule has 0 saturated carbocycles. The number of thioether (sulfide) groups is 1. The second-order valence-electron chi connectivity index (χ2n) is 4.78. The molecule has 0 aliphatic carbocycles. The first-order chi connectivity index (χ1) is 11.1. The SMILES string of the molecule is O=C(CSc1nc2cc(Cl)ccc2s1)NCc1ccc(F)cc1. The van der Waals surface area contributed by atoms with Gasteiger partial charge in [0.05, 0.1) is 16.0 Å². The van der Waals surface area contributed by atoms with Crippen molar-refractivity contribution in [3.05, 3.63) is 58.9 Å². The summed E-state index contributed by atoms with van der Waals surface area (Å²) < 4.78 is 14.7. The van der Waals surface area contributed by atoms with E-state index in [2.05, 4.69) is 10.3 Å². The van der Waals surface area contributed by atoms with E-state index in [9.17, 15) is 9.18 Å². The van der Waals surface area contributed by atoms with E-state index < -0.39 is 0 Å². The molecule has 1 N–H and O–H groups in total. The monoisotopic (exact) mass is 366 g/mol. The topological polar surface area (TPSA) is 42.0 Å². The first-order valence-electron chi connectivity index (χ1n) is 6.80. The maximum Gasteiger partial charge on any atom is 0.230 e. The fourth-order valence-corrected chi connectivity index (χ4v) is 3.97. The van der Waals surface area contributed by atoms with Crippen molar-refractivity contribution in [1.82, 2.24) is 10.3 Å². The van der Waals surface area contributed by atoms with Crippen LogP contribution in [0.2, 0.25) is 5.02 Å². The number of fused-ring (bicyclic) bond motifs is 1. The van der Waals surface area contributed by atoms with Crippen LogP contribution in [0.15, 0.2) is 46.8 Å². The predicted octanol–water partition coefficient (Wildman–Crippen LogP) is 4.50. The second kappa shape index (κ2) is 7.29. The maximum atomic E-state index is 12.8. The molecule has 0 saturated heterocycles. The van der Waals surface area contributed by atoms with Crippen LogP contribution in [0.5, 0.6) is 0 Å². The number of hydrogen-bond donors (Lipinski definition) is 1. The van der Waals surface area contributed by atoms with Crippen LogP contribution in [0, 0.1) is 5.82 Å². The Morgan fingerprint density at radius 2 is 2.04 bits per heavy atom. The molecule has 23 heavy (non-hydrogen) atoms. The summed E-state index contributed by atoms with van der Waals surface area (Å²) in [5.41, 5.74) is 1.70. The Bertz CT molecular complexity index is 836. The van der Waals surface area contributed by atoms with Gasteiger partial charge in [-0.1, -0.05) is 35.5 Å². The van der Waals surface area contributed by atoms with Crippen LogP contribution < -0.4 is 5.32 Å². The van der Waals surface area contributed by atoms with Crippen molar-refractivity contribution in [3.63, 3.8) is 0 Å². The number of hydrogen-bond acceptors (Lipinski definition) is 4. The molecule has 0 aliphatic heterocycles. The molecule has 0 spiro atoms. The van der Waals surface area contributed by atoms with Crippen LogP contribution in [-0.2, 0) is 11.3 Å². The summed E-state index contributed by atoms with van der Waals surface area (Å²) >= 11 is 8.86. The Balaban J connectivity index is 1.52. The number of nitrogens with zero attached hydrogens (tertiary/aromatic N) is 1. The lowest BCUT2D eigenvalue weighted by atomic mass is 10.2. The number of carbonyl (C=O) groups excluding carboxylic acids is 1. The molecule has 3 rings (SSSR count). The number of nitrogens with one attached hydrogen (secondary N) is 1. The Morgan fingerprint density at radius 1 is 1.26 bits per heavy atom. The average molecular weight is 367 g/mol. The molecule has 0 aliphatic rings. The van der Waals surface area contributed by atoms with Gasteiger partial charge in [0.15, 0.2) is 4.34 Å². The van der Waals surface area contributed by atoms with Crippen LogP contribution in [-0.4, -0.2) is 16.6 Å². The summed E-state index contributed by atoms with van der Waals surface area (Å²) in [5.74, 6) is -0.0856. The van der Waals surface area contributed by atoms with E-state index in [0.29, 0.717) is 11.6 Å².